The number of amides is 1. The van der Waals surface area contributed by atoms with Gasteiger partial charge in [-0.3, -0.25) is 4.79 Å². The summed E-state index contributed by atoms with van der Waals surface area (Å²) >= 11 is 0. The number of anilines is 1. The highest BCUT2D eigenvalue weighted by Gasteiger charge is 2.22. The Morgan fingerprint density at radius 3 is 2.93 bits per heavy atom. The first kappa shape index (κ1) is 13.2. The van der Waals surface area contributed by atoms with E-state index in [0.717, 1.165) is 5.56 Å². The summed E-state index contributed by atoms with van der Waals surface area (Å²) < 4.78 is 0. The van der Waals surface area contributed by atoms with Crippen LogP contribution < -0.4 is 11.1 Å². The molecule has 1 aliphatic rings. The fourth-order valence-corrected chi connectivity index (χ4v) is 1.25. The molecular weight excluding hydrogens is 225 g/mol. The number of nitrogens with two attached hydrogens (primary N) is 1. The van der Waals surface area contributed by atoms with Crippen molar-refractivity contribution < 1.29 is 4.79 Å². The number of rotatable bonds is 0. The lowest BCUT2D eigenvalue weighted by atomic mass is 10.0. The Bertz CT molecular complexity index is 332. The number of halogens is 2. The van der Waals surface area contributed by atoms with Crippen LogP contribution in [0.25, 0.3) is 0 Å². The van der Waals surface area contributed by atoms with Gasteiger partial charge in [0, 0.05) is 12.6 Å². The van der Waals surface area contributed by atoms with Crippen LogP contribution in [0, 0.1) is 0 Å². The summed E-state index contributed by atoms with van der Waals surface area (Å²) in [5.41, 5.74) is 6.56. The number of nitrogens with one attached hydrogen (secondary N) is 1. The molecule has 2 heterocycles. The van der Waals surface area contributed by atoms with Crippen molar-refractivity contribution in [1.82, 2.24) is 4.98 Å². The van der Waals surface area contributed by atoms with E-state index in [1.807, 2.05) is 12.1 Å². The first-order valence-corrected chi connectivity index (χ1v) is 3.78. The highest BCUT2D eigenvalue weighted by molar-refractivity contribution is 5.96. The molecule has 0 fully saturated rings. The first-order valence-electron chi connectivity index (χ1n) is 3.78. The van der Waals surface area contributed by atoms with E-state index < -0.39 is 6.04 Å². The third kappa shape index (κ3) is 2.35. The van der Waals surface area contributed by atoms with Crippen molar-refractivity contribution in [3.63, 3.8) is 0 Å². The molecule has 1 aromatic rings. The Hall–Kier alpha value is -0.840. The molecule has 0 unspecified atom stereocenters. The van der Waals surface area contributed by atoms with Crippen molar-refractivity contribution in [2.45, 2.75) is 12.5 Å². The summed E-state index contributed by atoms with van der Waals surface area (Å²) in [7, 11) is 0. The van der Waals surface area contributed by atoms with Gasteiger partial charge < -0.3 is 11.1 Å². The van der Waals surface area contributed by atoms with E-state index >= 15 is 0 Å². The van der Waals surface area contributed by atoms with Gasteiger partial charge in [0.2, 0.25) is 5.91 Å². The molecule has 78 valence electrons. The minimum absolute atomic E-state index is 0. The van der Waals surface area contributed by atoms with Gasteiger partial charge in [0.05, 0.1) is 6.04 Å². The third-order valence-corrected chi connectivity index (χ3v) is 1.91. The summed E-state index contributed by atoms with van der Waals surface area (Å²) in [5, 5.41) is 2.63. The Morgan fingerprint density at radius 2 is 2.21 bits per heavy atom. The molecule has 1 atom stereocenters. The molecule has 6 heteroatoms. The number of carbonyl (C=O) groups is 1. The molecule has 1 amide bonds. The second-order valence-corrected chi connectivity index (χ2v) is 2.81. The molecule has 1 aromatic heterocycles. The van der Waals surface area contributed by atoms with Gasteiger partial charge in [0.15, 0.2) is 0 Å². The van der Waals surface area contributed by atoms with Crippen LogP contribution in [0.4, 0.5) is 5.82 Å². The Morgan fingerprint density at radius 1 is 1.50 bits per heavy atom. The van der Waals surface area contributed by atoms with Crippen molar-refractivity contribution in [2.24, 2.45) is 5.73 Å². The highest BCUT2D eigenvalue weighted by atomic mass is 35.5. The quantitative estimate of drug-likeness (QED) is 0.698. The van der Waals surface area contributed by atoms with Crippen LogP contribution in [0.3, 0.4) is 0 Å². The van der Waals surface area contributed by atoms with Crippen molar-refractivity contribution >= 4 is 36.5 Å². The van der Waals surface area contributed by atoms with Crippen molar-refractivity contribution in [2.75, 3.05) is 5.32 Å². The summed E-state index contributed by atoms with van der Waals surface area (Å²) in [5.74, 6) is 0.491. The van der Waals surface area contributed by atoms with E-state index in [4.69, 9.17) is 5.73 Å². The van der Waals surface area contributed by atoms with Crippen LogP contribution in [0.15, 0.2) is 18.3 Å². The molecular formula is C8H11Cl2N3O. The Kier molecular flexibility index (Phi) is 4.83. The number of fused-ring (bicyclic) bond motifs is 1. The maximum atomic E-state index is 11.1. The van der Waals surface area contributed by atoms with Crippen molar-refractivity contribution in [1.29, 1.82) is 0 Å². The number of hydrogen-bond acceptors (Lipinski definition) is 3. The van der Waals surface area contributed by atoms with Gasteiger partial charge in [0.1, 0.15) is 5.82 Å². The fourth-order valence-electron chi connectivity index (χ4n) is 1.25. The minimum Gasteiger partial charge on any atom is -0.320 e. The summed E-state index contributed by atoms with van der Waals surface area (Å²) in [4.78, 5) is 15.1. The maximum Gasteiger partial charge on any atom is 0.242 e. The monoisotopic (exact) mass is 235 g/mol. The number of hydrogen-bond donors (Lipinski definition) is 2. The molecule has 0 spiro atoms. The van der Waals surface area contributed by atoms with Gasteiger partial charge in [-0.15, -0.1) is 24.8 Å². The van der Waals surface area contributed by atoms with E-state index in [1.54, 1.807) is 6.20 Å². The van der Waals surface area contributed by atoms with Crippen LogP contribution in [0.2, 0.25) is 0 Å². The van der Waals surface area contributed by atoms with Gasteiger partial charge in [0.25, 0.3) is 0 Å². The van der Waals surface area contributed by atoms with Crippen LogP contribution in [-0.4, -0.2) is 16.9 Å². The molecule has 0 aliphatic carbocycles. The third-order valence-electron chi connectivity index (χ3n) is 1.91. The SMILES string of the molecule is Cl.Cl.N[C@@H]1Cc2cccnc2NC1=O. The van der Waals surface area contributed by atoms with Crippen molar-refractivity contribution in [3.8, 4) is 0 Å². The van der Waals surface area contributed by atoms with E-state index in [-0.39, 0.29) is 30.7 Å². The number of carbonyl (C=O) groups excluding carboxylic acids is 1. The average molecular weight is 236 g/mol. The molecule has 1 aliphatic heterocycles. The molecule has 3 N–H and O–H groups in total. The zero-order valence-electron chi connectivity index (χ0n) is 7.27. The number of pyridine rings is 1. The Labute approximate surface area is 94.1 Å². The molecule has 0 saturated carbocycles. The van der Waals surface area contributed by atoms with E-state index in [9.17, 15) is 4.79 Å². The summed E-state index contributed by atoms with van der Waals surface area (Å²) in [6.45, 7) is 0. The van der Waals surface area contributed by atoms with Gasteiger partial charge in [-0.2, -0.15) is 0 Å². The minimum atomic E-state index is -0.429. The maximum absolute atomic E-state index is 11.1. The Balaban J connectivity index is 0.000000845. The van der Waals surface area contributed by atoms with Gasteiger partial charge in [-0.1, -0.05) is 6.07 Å². The lowest BCUT2D eigenvalue weighted by Gasteiger charge is -2.19. The molecule has 0 bridgehead atoms. The lowest BCUT2D eigenvalue weighted by Crippen LogP contribution is -2.41. The molecule has 2 rings (SSSR count). The molecule has 4 nitrogen and oxygen atoms in total. The molecule has 0 aromatic carbocycles. The van der Waals surface area contributed by atoms with E-state index in [2.05, 4.69) is 10.3 Å². The average Bonchev–Trinajstić information content (AvgIpc) is 2.07. The van der Waals surface area contributed by atoms with Crippen LogP contribution in [-0.2, 0) is 11.2 Å². The fraction of sp³-hybridized carbons (Fsp3) is 0.250. The predicted octanol–water partition coefficient (Wildman–Crippen LogP) is 0.747. The predicted molar refractivity (Wildman–Crippen MR) is 59.0 cm³/mol. The van der Waals surface area contributed by atoms with E-state index in [0.29, 0.717) is 12.2 Å². The molecule has 14 heavy (non-hydrogen) atoms. The number of nitrogens with zero attached hydrogens (tertiary/aromatic N) is 1. The highest BCUT2D eigenvalue weighted by Crippen LogP contribution is 2.17. The van der Waals surface area contributed by atoms with Crippen LogP contribution in [0.5, 0.6) is 0 Å². The summed E-state index contributed by atoms with van der Waals surface area (Å²) in [6, 6.07) is 3.33. The smallest absolute Gasteiger partial charge is 0.242 e. The largest absolute Gasteiger partial charge is 0.320 e. The molecule has 0 radical (unpaired) electrons. The zero-order valence-corrected chi connectivity index (χ0v) is 8.90. The first-order chi connectivity index (χ1) is 5.77. The van der Waals surface area contributed by atoms with Crippen molar-refractivity contribution in [3.05, 3.63) is 23.9 Å². The second-order valence-electron chi connectivity index (χ2n) is 2.81. The van der Waals surface area contributed by atoms with Gasteiger partial charge >= 0.3 is 0 Å². The molecule has 0 saturated heterocycles. The zero-order chi connectivity index (χ0) is 8.55. The summed E-state index contributed by atoms with van der Waals surface area (Å²) in [6.07, 6.45) is 2.23. The van der Waals surface area contributed by atoms with E-state index in [1.165, 1.54) is 0 Å². The second kappa shape index (κ2) is 5.14. The lowest BCUT2D eigenvalue weighted by molar-refractivity contribution is -0.117. The standard InChI is InChI=1S/C8H9N3O.2ClH/c9-6-4-5-2-1-3-10-7(5)11-8(6)12;;/h1-3,6H,4,9H2,(H,10,11,12);2*1H/t6-;;/m1../s1. The number of aromatic nitrogens is 1. The van der Waals surface area contributed by atoms with Gasteiger partial charge in [-0.05, 0) is 11.6 Å². The normalized spacial score (nSPS) is 18.4. The van der Waals surface area contributed by atoms with Crippen LogP contribution >= 0.6 is 24.8 Å². The van der Waals surface area contributed by atoms with Gasteiger partial charge in [-0.25, -0.2) is 4.98 Å². The topological polar surface area (TPSA) is 68.0 Å². The van der Waals surface area contributed by atoms with Crippen LogP contribution in [0.1, 0.15) is 5.56 Å².